The standard InChI is InChI=1S/C13H15Br2N3/c1-18-8-9(7-17-18)2-5-13(16)11-6-10(14)3-4-12(11)15/h3-4,6-8,13H,2,5,16H2,1H3. The highest BCUT2D eigenvalue weighted by molar-refractivity contribution is 9.11. The molecule has 2 N–H and O–H groups in total. The van der Waals surface area contributed by atoms with Gasteiger partial charge in [-0.1, -0.05) is 31.9 Å². The van der Waals surface area contributed by atoms with E-state index < -0.39 is 0 Å². The van der Waals surface area contributed by atoms with Crippen LogP contribution >= 0.6 is 31.9 Å². The zero-order chi connectivity index (χ0) is 13.1. The highest BCUT2D eigenvalue weighted by Gasteiger charge is 2.11. The topological polar surface area (TPSA) is 43.8 Å². The Bertz CT molecular complexity index is 537. The van der Waals surface area contributed by atoms with Crippen molar-refractivity contribution < 1.29 is 0 Å². The molecule has 2 rings (SSSR count). The van der Waals surface area contributed by atoms with Gasteiger partial charge in [0.1, 0.15) is 0 Å². The summed E-state index contributed by atoms with van der Waals surface area (Å²) in [6, 6.07) is 6.11. The van der Waals surface area contributed by atoms with Crippen molar-refractivity contribution in [3.8, 4) is 0 Å². The fourth-order valence-corrected chi connectivity index (χ4v) is 2.80. The van der Waals surface area contributed by atoms with Gasteiger partial charge in [0.25, 0.3) is 0 Å². The summed E-state index contributed by atoms with van der Waals surface area (Å²) >= 11 is 7.02. The molecule has 1 aromatic carbocycles. The Kier molecular flexibility index (Phi) is 4.59. The molecule has 18 heavy (non-hydrogen) atoms. The van der Waals surface area contributed by atoms with Gasteiger partial charge in [-0.2, -0.15) is 5.10 Å². The number of aryl methyl sites for hydroxylation is 2. The molecule has 0 amide bonds. The molecule has 0 aliphatic carbocycles. The molecular weight excluding hydrogens is 358 g/mol. The van der Waals surface area contributed by atoms with Crippen LogP contribution in [0.1, 0.15) is 23.6 Å². The van der Waals surface area contributed by atoms with Crippen LogP contribution in [0.4, 0.5) is 0 Å². The van der Waals surface area contributed by atoms with Crippen LogP contribution < -0.4 is 5.73 Å². The van der Waals surface area contributed by atoms with Crippen molar-refractivity contribution in [3.05, 3.63) is 50.7 Å². The molecule has 0 saturated carbocycles. The number of aromatic nitrogens is 2. The average molecular weight is 373 g/mol. The van der Waals surface area contributed by atoms with Gasteiger partial charge in [-0.3, -0.25) is 4.68 Å². The van der Waals surface area contributed by atoms with Crippen LogP contribution in [-0.4, -0.2) is 9.78 Å². The second-order valence-electron chi connectivity index (χ2n) is 4.33. The van der Waals surface area contributed by atoms with Gasteiger partial charge in [0.2, 0.25) is 0 Å². The van der Waals surface area contributed by atoms with Gasteiger partial charge in [-0.15, -0.1) is 0 Å². The Morgan fingerprint density at radius 3 is 2.83 bits per heavy atom. The van der Waals surface area contributed by atoms with Crippen molar-refractivity contribution in [2.24, 2.45) is 12.8 Å². The van der Waals surface area contributed by atoms with Gasteiger partial charge >= 0.3 is 0 Å². The number of benzene rings is 1. The lowest BCUT2D eigenvalue weighted by Gasteiger charge is -2.13. The minimum atomic E-state index is 0.0251. The minimum absolute atomic E-state index is 0.0251. The summed E-state index contributed by atoms with van der Waals surface area (Å²) in [5, 5.41) is 4.16. The van der Waals surface area contributed by atoms with Gasteiger partial charge < -0.3 is 5.73 Å². The first-order valence-corrected chi connectivity index (χ1v) is 7.33. The quantitative estimate of drug-likeness (QED) is 0.891. The van der Waals surface area contributed by atoms with E-state index in [9.17, 15) is 0 Å². The minimum Gasteiger partial charge on any atom is -0.324 e. The molecule has 1 unspecified atom stereocenters. The predicted molar refractivity (Wildman–Crippen MR) is 80.3 cm³/mol. The Hall–Kier alpha value is -0.650. The van der Waals surface area contributed by atoms with Gasteiger partial charge in [-0.25, -0.2) is 0 Å². The maximum atomic E-state index is 6.24. The van der Waals surface area contributed by atoms with Crippen LogP contribution in [0.15, 0.2) is 39.5 Å². The molecule has 0 bridgehead atoms. The number of halogens is 2. The predicted octanol–water partition coefficient (Wildman–Crippen LogP) is 3.58. The highest BCUT2D eigenvalue weighted by Crippen LogP contribution is 2.28. The van der Waals surface area contributed by atoms with E-state index in [0.717, 1.165) is 27.4 Å². The molecule has 2 aromatic rings. The Labute approximate surface area is 124 Å². The molecular formula is C13H15Br2N3. The molecule has 0 aliphatic heterocycles. The lowest BCUT2D eigenvalue weighted by Crippen LogP contribution is -2.12. The molecule has 0 saturated heterocycles. The van der Waals surface area contributed by atoms with Crippen LogP contribution in [0.5, 0.6) is 0 Å². The number of nitrogens with two attached hydrogens (primary N) is 1. The first-order chi connectivity index (χ1) is 8.56. The maximum Gasteiger partial charge on any atom is 0.0521 e. The van der Waals surface area contributed by atoms with Crippen molar-refractivity contribution in [1.82, 2.24) is 9.78 Å². The zero-order valence-corrected chi connectivity index (χ0v) is 13.3. The van der Waals surface area contributed by atoms with E-state index in [1.165, 1.54) is 5.56 Å². The summed E-state index contributed by atoms with van der Waals surface area (Å²) < 4.78 is 3.93. The number of nitrogens with zero attached hydrogens (tertiary/aromatic N) is 2. The van der Waals surface area contributed by atoms with E-state index in [1.807, 2.05) is 36.3 Å². The molecule has 3 nitrogen and oxygen atoms in total. The highest BCUT2D eigenvalue weighted by atomic mass is 79.9. The van der Waals surface area contributed by atoms with Crippen molar-refractivity contribution in [2.45, 2.75) is 18.9 Å². The Morgan fingerprint density at radius 2 is 2.17 bits per heavy atom. The van der Waals surface area contributed by atoms with E-state index in [1.54, 1.807) is 0 Å². The van der Waals surface area contributed by atoms with Crippen LogP contribution in [0, 0.1) is 0 Å². The zero-order valence-electron chi connectivity index (χ0n) is 10.1. The average Bonchev–Trinajstić information content (AvgIpc) is 2.75. The van der Waals surface area contributed by atoms with Gasteiger partial charge in [0.05, 0.1) is 6.20 Å². The van der Waals surface area contributed by atoms with E-state index in [-0.39, 0.29) is 6.04 Å². The molecule has 0 spiro atoms. The van der Waals surface area contributed by atoms with Crippen LogP contribution in [0.2, 0.25) is 0 Å². The SMILES string of the molecule is Cn1cc(CCC(N)c2cc(Br)ccc2Br)cn1. The third kappa shape index (κ3) is 3.43. The molecule has 5 heteroatoms. The molecule has 96 valence electrons. The second kappa shape index (κ2) is 5.99. The normalized spacial score (nSPS) is 12.7. The fourth-order valence-electron chi connectivity index (χ4n) is 1.88. The molecule has 1 atom stereocenters. The molecule has 0 fully saturated rings. The van der Waals surface area contributed by atoms with Crippen molar-refractivity contribution >= 4 is 31.9 Å². The number of hydrogen-bond donors (Lipinski definition) is 1. The maximum absolute atomic E-state index is 6.24. The summed E-state index contributed by atoms with van der Waals surface area (Å²) in [7, 11) is 1.92. The summed E-state index contributed by atoms with van der Waals surface area (Å²) in [5.74, 6) is 0. The van der Waals surface area contributed by atoms with Crippen molar-refractivity contribution in [1.29, 1.82) is 0 Å². The fraction of sp³-hybridized carbons (Fsp3) is 0.308. The lowest BCUT2D eigenvalue weighted by atomic mass is 10.0. The lowest BCUT2D eigenvalue weighted by molar-refractivity contribution is 0.648. The number of rotatable bonds is 4. The van der Waals surface area contributed by atoms with Crippen LogP contribution in [-0.2, 0) is 13.5 Å². The van der Waals surface area contributed by atoms with Crippen LogP contribution in [0.3, 0.4) is 0 Å². The molecule has 0 aliphatic rings. The molecule has 0 radical (unpaired) electrons. The molecule has 1 aromatic heterocycles. The first-order valence-electron chi connectivity index (χ1n) is 5.74. The summed E-state index contributed by atoms with van der Waals surface area (Å²) in [6.07, 6.45) is 5.76. The third-order valence-corrected chi connectivity index (χ3v) is 4.08. The molecule has 1 heterocycles. The summed E-state index contributed by atoms with van der Waals surface area (Å²) in [4.78, 5) is 0. The largest absolute Gasteiger partial charge is 0.324 e. The van der Waals surface area contributed by atoms with Crippen LogP contribution in [0.25, 0.3) is 0 Å². The smallest absolute Gasteiger partial charge is 0.0521 e. The van der Waals surface area contributed by atoms with Gasteiger partial charge in [-0.05, 0) is 42.2 Å². The number of hydrogen-bond acceptors (Lipinski definition) is 2. The summed E-state index contributed by atoms with van der Waals surface area (Å²) in [5.41, 5.74) is 8.60. The van der Waals surface area contributed by atoms with E-state index in [0.29, 0.717) is 0 Å². The van der Waals surface area contributed by atoms with Gasteiger partial charge in [0, 0.05) is 28.2 Å². The van der Waals surface area contributed by atoms with E-state index in [2.05, 4.69) is 43.0 Å². The first kappa shape index (κ1) is 13.8. The van der Waals surface area contributed by atoms with Crippen molar-refractivity contribution in [2.75, 3.05) is 0 Å². The third-order valence-electron chi connectivity index (χ3n) is 2.86. The van der Waals surface area contributed by atoms with Gasteiger partial charge in [0.15, 0.2) is 0 Å². The monoisotopic (exact) mass is 371 g/mol. The Balaban J connectivity index is 2.03. The van der Waals surface area contributed by atoms with Crippen molar-refractivity contribution in [3.63, 3.8) is 0 Å². The van der Waals surface area contributed by atoms with E-state index in [4.69, 9.17) is 5.73 Å². The summed E-state index contributed by atoms with van der Waals surface area (Å²) in [6.45, 7) is 0. The Morgan fingerprint density at radius 1 is 1.39 bits per heavy atom. The van der Waals surface area contributed by atoms with E-state index >= 15 is 0 Å². The second-order valence-corrected chi connectivity index (χ2v) is 6.10.